The first kappa shape index (κ1) is 5.03. The van der Waals surface area contributed by atoms with E-state index in [2.05, 4.69) is 4.98 Å². The van der Waals surface area contributed by atoms with Crippen LogP contribution in [0, 0.1) is 6.92 Å². The van der Waals surface area contributed by atoms with Crippen LogP contribution in [0.1, 0.15) is 5.82 Å². The van der Waals surface area contributed by atoms with E-state index in [4.69, 9.17) is 5.84 Å². The third kappa shape index (κ3) is 0.753. The molecule has 0 fully saturated rings. The highest BCUT2D eigenvalue weighted by molar-refractivity contribution is 4.75. The second-order valence-electron chi connectivity index (χ2n) is 1.57. The Balaban J connectivity index is 3.13. The molecule has 1 rings (SSSR count). The molecule has 2 N–H and O–H groups in total. The highest BCUT2D eigenvalue weighted by Crippen LogP contribution is 1.74. The first-order chi connectivity index (χ1) is 3.80. The molecule has 3 heteroatoms. The molecular formula is C5H8N3+. The Hall–Kier alpha value is -1.12. The standard InChI is InChI=1S/C5H8N3/c1-5-7-3-2-4-8(5)6/h2-4H,6H2,1H3/q+1. The van der Waals surface area contributed by atoms with Gasteiger partial charge < -0.3 is 0 Å². The minimum atomic E-state index is 0.813. The van der Waals surface area contributed by atoms with Crippen molar-refractivity contribution < 1.29 is 4.68 Å². The zero-order chi connectivity index (χ0) is 5.98. The van der Waals surface area contributed by atoms with Gasteiger partial charge in [0.15, 0.2) is 0 Å². The topological polar surface area (TPSA) is 42.8 Å². The van der Waals surface area contributed by atoms with E-state index in [0.717, 1.165) is 5.82 Å². The van der Waals surface area contributed by atoms with Gasteiger partial charge in [-0.1, -0.05) is 4.98 Å². The number of rotatable bonds is 0. The van der Waals surface area contributed by atoms with Crippen LogP contribution >= 0.6 is 0 Å². The van der Waals surface area contributed by atoms with Gasteiger partial charge in [-0.15, -0.1) is 4.68 Å². The molecule has 0 bridgehead atoms. The quantitative estimate of drug-likeness (QED) is 0.357. The van der Waals surface area contributed by atoms with Crippen molar-refractivity contribution in [1.29, 1.82) is 0 Å². The van der Waals surface area contributed by atoms with E-state index in [1.165, 1.54) is 4.68 Å². The van der Waals surface area contributed by atoms with Gasteiger partial charge in [-0.3, -0.25) is 5.84 Å². The number of hydrogen-bond acceptors (Lipinski definition) is 2. The summed E-state index contributed by atoms with van der Waals surface area (Å²) in [6, 6.07) is 1.78. The molecule has 0 saturated heterocycles. The van der Waals surface area contributed by atoms with Crippen LogP contribution in [0.2, 0.25) is 0 Å². The van der Waals surface area contributed by atoms with Crippen LogP contribution in [0.4, 0.5) is 0 Å². The van der Waals surface area contributed by atoms with Crippen molar-refractivity contribution in [3.05, 3.63) is 24.3 Å². The Bertz CT molecular complexity index is 164. The van der Waals surface area contributed by atoms with Gasteiger partial charge in [0.2, 0.25) is 0 Å². The van der Waals surface area contributed by atoms with Crippen LogP contribution in [0.15, 0.2) is 18.5 Å². The zero-order valence-electron chi connectivity index (χ0n) is 4.70. The Morgan fingerprint density at radius 2 is 2.50 bits per heavy atom. The molecule has 0 unspecified atom stereocenters. The minimum Gasteiger partial charge on any atom is -0.269 e. The average Bonchev–Trinajstić information content (AvgIpc) is 1.77. The van der Waals surface area contributed by atoms with Gasteiger partial charge in [0, 0.05) is 13.0 Å². The van der Waals surface area contributed by atoms with Gasteiger partial charge in [0.25, 0.3) is 0 Å². The predicted molar refractivity (Wildman–Crippen MR) is 29.3 cm³/mol. The molecule has 0 amide bonds. The number of nitrogens with zero attached hydrogens (tertiary/aromatic N) is 2. The average molecular weight is 110 g/mol. The molecule has 0 saturated carbocycles. The van der Waals surface area contributed by atoms with E-state index in [9.17, 15) is 0 Å². The second kappa shape index (κ2) is 1.78. The predicted octanol–water partition coefficient (Wildman–Crippen LogP) is -0.609. The lowest BCUT2D eigenvalue weighted by molar-refractivity contribution is -0.648. The van der Waals surface area contributed by atoms with Crippen LogP contribution in [-0.2, 0) is 0 Å². The molecule has 8 heavy (non-hydrogen) atoms. The molecular weight excluding hydrogens is 102 g/mol. The molecule has 0 aliphatic heterocycles. The monoisotopic (exact) mass is 110 g/mol. The van der Waals surface area contributed by atoms with Gasteiger partial charge in [0.1, 0.15) is 12.4 Å². The van der Waals surface area contributed by atoms with Crippen LogP contribution in [-0.4, -0.2) is 4.98 Å². The summed E-state index contributed by atoms with van der Waals surface area (Å²) in [4.78, 5) is 3.92. The maximum Gasteiger partial charge on any atom is 0.317 e. The number of nitrogens with two attached hydrogens (primary N) is 1. The fraction of sp³-hybridized carbons (Fsp3) is 0.200. The van der Waals surface area contributed by atoms with E-state index in [0.29, 0.717) is 0 Å². The van der Waals surface area contributed by atoms with Crippen molar-refractivity contribution >= 4 is 0 Å². The fourth-order valence-corrected chi connectivity index (χ4v) is 0.457. The molecule has 0 radical (unpaired) electrons. The van der Waals surface area contributed by atoms with Gasteiger partial charge in [-0.2, -0.15) is 0 Å². The largest absolute Gasteiger partial charge is 0.317 e. The summed E-state index contributed by atoms with van der Waals surface area (Å²) in [5.41, 5.74) is 0. The van der Waals surface area contributed by atoms with E-state index in [1.807, 2.05) is 6.92 Å². The molecule has 0 aliphatic carbocycles. The summed E-state index contributed by atoms with van der Waals surface area (Å²) in [7, 11) is 0. The van der Waals surface area contributed by atoms with Crippen LogP contribution in [0.3, 0.4) is 0 Å². The van der Waals surface area contributed by atoms with E-state index >= 15 is 0 Å². The molecule has 42 valence electrons. The van der Waals surface area contributed by atoms with Crippen molar-refractivity contribution in [2.45, 2.75) is 6.92 Å². The molecule has 0 spiro atoms. The SMILES string of the molecule is Cc1nccc[n+]1N. The van der Waals surface area contributed by atoms with Crippen molar-refractivity contribution in [3.8, 4) is 0 Å². The molecule has 3 nitrogen and oxygen atoms in total. The Kier molecular flexibility index (Phi) is 1.12. The third-order valence-electron chi connectivity index (χ3n) is 0.968. The number of hydrogen-bond donors (Lipinski definition) is 1. The Morgan fingerprint density at radius 3 is 2.88 bits per heavy atom. The molecule has 1 heterocycles. The molecule has 0 atom stereocenters. The van der Waals surface area contributed by atoms with Gasteiger partial charge >= 0.3 is 5.82 Å². The molecule has 1 aromatic heterocycles. The summed E-state index contributed by atoms with van der Waals surface area (Å²) in [5, 5.41) is 0. The van der Waals surface area contributed by atoms with E-state index in [1.54, 1.807) is 18.5 Å². The third-order valence-corrected chi connectivity index (χ3v) is 0.968. The summed E-state index contributed by atoms with van der Waals surface area (Å²) in [6.45, 7) is 1.85. The lowest BCUT2D eigenvalue weighted by Crippen LogP contribution is -2.47. The number of aryl methyl sites for hydroxylation is 1. The highest BCUT2D eigenvalue weighted by Gasteiger charge is 1.95. The number of aromatic nitrogens is 2. The summed E-state index contributed by atoms with van der Waals surface area (Å²) < 4.78 is 1.47. The summed E-state index contributed by atoms with van der Waals surface area (Å²) >= 11 is 0. The molecule has 1 aromatic rings. The molecule has 0 aliphatic rings. The van der Waals surface area contributed by atoms with Crippen LogP contribution in [0.25, 0.3) is 0 Å². The summed E-state index contributed by atoms with van der Waals surface area (Å²) in [6.07, 6.45) is 3.46. The number of nitrogen functional groups attached to an aromatic ring is 1. The van der Waals surface area contributed by atoms with Crippen molar-refractivity contribution in [2.75, 3.05) is 5.84 Å². The van der Waals surface area contributed by atoms with Crippen LogP contribution in [0.5, 0.6) is 0 Å². The first-order valence-electron chi connectivity index (χ1n) is 2.39. The lowest BCUT2D eigenvalue weighted by Gasteiger charge is -1.86. The van der Waals surface area contributed by atoms with Gasteiger partial charge in [-0.25, -0.2) is 0 Å². The fourth-order valence-electron chi connectivity index (χ4n) is 0.457. The zero-order valence-corrected chi connectivity index (χ0v) is 4.70. The van der Waals surface area contributed by atoms with Crippen molar-refractivity contribution in [3.63, 3.8) is 0 Å². The maximum absolute atomic E-state index is 5.37. The van der Waals surface area contributed by atoms with Crippen LogP contribution < -0.4 is 10.5 Å². The van der Waals surface area contributed by atoms with Gasteiger partial charge in [0.05, 0.1) is 0 Å². The Labute approximate surface area is 47.8 Å². The van der Waals surface area contributed by atoms with Crippen molar-refractivity contribution in [2.24, 2.45) is 0 Å². The smallest absolute Gasteiger partial charge is 0.269 e. The van der Waals surface area contributed by atoms with E-state index in [-0.39, 0.29) is 0 Å². The minimum absolute atomic E-state index is 0.813. The highest BCUT2D eigenvalue weighted by atomic mass is 15.3. The first-order valence-corrected chi connectivity index (χ1v) is 2.39. The van der Waals surface area contributed by atoms with E-state index < -0.39 is 0 Å². The molecule has 0 aromatic carbocycles. The van der Waals surface area contributed by atoms with Gasteiger partial charge in [-0.05, 0) is 0 Å². The summed E-state index contributed by atoms with van der Waals surface area (Å²) in [5.74, 6) is 6.19. The van der Waals surface area contributed by atoms with Crippen molar-refractivity contribution in [1.82, 2.24) is 4.98 Å². The normalized spacial score (nSPS) is 9.12. The lowest BCUT2D eigenvalue weighted by atomic mass is 10.6. The second-order valence-corrected chi connectivity index (χ2v) is 1.57. The maximum atomic E-state index is 5.37. The Morgan fingerprint density at radius 1 is 1.75 bits per heavy atom.